The van der Waals surface area contributed by atoms with Gasteiger partial charge >= 0.3 is 6.61 Å². The number of para-hydroxylation sites is 1. The van der Waals surface area contributed by atoms with Crippen molar-refractivity contribution in [2.45, 2.75) is 45.4 Å². The number of amides is 2. The molecule has 1 aliphatic rings. The molecular formula is C23H26F2N2O4. The Hall–Kier alpha value is -3.16. The van der Waals surface area contributed by atoms with E-state index in [0.29, 0.717) is 42.9 Å². The number of alkyl halides is 2. The number of nitrogens with one attached hydrogen (secondary N) is 1. The van der Waals surface area contributed by atoms with Crippen LogP contribution in [0.4, 0.5) is 8.78 Å². The Morgan fingerprint density at radius 2 is 1.97 bits per heavy atom. The van der Waals surface area contributed by atoms with Gasteiger partial charge in [0.05, 0.1) is 18.2 Å². The van der Waals surface area contributed by atoms with Crippen molar-refractivity contribution in [3.05, 3.63) is 59.7 Å². The van der Waals surface area contributed by atoms with Crippen molar-refractivity contribution in [1.82, 2.24) is 10.2 Å². The zero-order valence-corrected chi connectivity index (χ0v) is 17.5. The highest BCUT2D eigenvalue weighted by Crippen LogP contribution is 2.26. The van der Waals surface area contributed by atoms with Crippen LogP contribution in [0.2, 0.25) is 0 Å². The van der Waals surface area contributed by atoms with Gasteiger partial charge in [0.2, 0.25) is 5.91 Å². The Kier molecular flexibility index (Phi) is 7.44. The first-order valence-corrected chi connectivity index (χ1v) is 10.3. The zero-order chi connectivity index (χ0) is 22.4. The molecule has 8 heteroatoms. The van der Waals surface area contributed by atoms with Gasteiger partial charge in [-0.25, -0.2) is 0 Å². The van der Waals surface area contributed by atoms with Crippen LogP contribution in [0.5, 0.6) is 11.5 Å². The molecule has 1 saturated heterocycles. The van der Waals surface area contributed by atoms with Crippen LogP contribution in [0.25, 0.3) is 0 Å². The molecule has 1 fully saturated rings. The van der Waals surface area contributed by atoms with Gasteiger partial charge in [-0.05, 0) is 56.5 Å². The van der Waals surface area contributed by atoms with Crippen LogP contribution in [0.3, 0.4) is 0 Å². The van der Waals surface area contributed by atoms with Crippen molar-refractivity contribution in [3.8, 4) is 11.5 Å². The number of nitrogens with zero attached hydrogens (tertiary/aromatic N) is 1. The molecule has 2 aromatic carbocycles. The molecule has 31 heavy (non-hydrogen) atoms. The van der Waals surface area contributed by atoms with Crippen LogP contribution in [0.15, 0.2) is 48.5 Å². The highest BCUT2D eigenvalue weighted by atomic mass is 19.3. The minimum Gasteiger partial charge on any atom is -0.493 e. The summed E-state index contributed by atoms with van der Waals surface area (Å²) >= 11 is 0. The summed E-state index contributed by atoms with van der Waals surface area (Å²) in [6.07, 6.45) is 1.27. The van der Waals surface area contributed by atoms with E-state index in [9.17, 15) is 18.4 Å². The molecule has 1 aliphatic heterocycles. The molecule has 0 spiro atoms. The number of halogens is 2. The predicted octanol–water partition coefficient (Wildman–Crippen LogP) is 4.17. The van der Waals surface area contributed by atoms with Crippen molar-refractivity contribution in [2.24, 2.45) is 0 Å². The fourth-order valence-corrected chi connectivity index (χ4v) is 3.71. The van der Waals surface area contributed by atoms with Crippen LogP contribution in [-0.2, 0) is 4.79 Å². The molecular weight excluding hydrogens is 406 g/mol. The van der Waals surface area contributed by atoms with Gasteiger partial charge in [0.15, 0.2) is 0 Å². The minimum absolute atomic E-state index is 0.0267. The smallest absolute Gasteiger partial charge is 0.387 e. The average Bonchev–Trinajstić information content (AvgIpc) is 3.24. The number of hydrogen-bond donors (Lipinski definition) is 1. The van der Waals surface area contributed by atoms with E-state index in [4.69, 9.17) is 4.74 Å². The van der Waals surface area contributed by atoms with E-state index in [1.165, 1.54) is 12.1 Å². The molecule has 0 saturated carbocycles. The molecule has 1 heterocycles. The van der Waals surface area contributed by atoms with Crippen molar-refractivity contribution in [2.75, 3.05) is 13.2 Å². The maximum Gasteiger partial charge on any atom is 0.387 e. The number of hydrogen-bond acceptors (Lipinski definition) is 4. The second-order valence-corrected chi connectivity index (χ2v) is 7.27. The summed E-state index contributed by atoms with van der Waals surface area (Å²) in [5, 5.41) is 2.89. The van der Waals surface area contributed by atoms with E-state index in [2.05, 4.69) is 10.1 Å². The molecule has 0 bridgehead atoms. The van der Waals surface area contributed by atoms with Gasteiger partial charge in [-0.3, -0.25) is 9.59 Å². The Morgan fingerprint density at radius 3 is 2.71 bits per heavy atom. The molecule has 0 aliphatic carbocycles. The lowest BCUT2D eigenvalue weighted by Gasteiger charge is -2.26. The summed E-state index contributed by atoms with van der Waals surface area (Å²) in [6.45, 7) is 1.59. The van der Waals surface area contributed by atoms with E-state index in [-0.39, 0.29) is 17.6 Å². The molecule has 0 radical (unpaired) electrons. The Morgan fingerprint density at radius 1 is 1.19 bits per heavy atom. The third-order valence-corrected chi connectivity index (χ3v) is 5.18. The van der Waals surface area contributed by atoms with E-state index in [1.807, 2.05) is 6.92 Å². The Balaban J connectivity index is 1.71. The summed E-state index contributed by atoms with van der Waals surface area (Å²) in [6, 6.07) is 12.1. The lowest BCUT2D eigenvalue weighted by atomic mass is 10.1. The highest BCUT2D eigenvalue weighted by Gasteiger charge is 2.36. The molecule has 6 nitrogen and oxygen atoms in total. The summed E-state index contributed by atoms with van der Waals surface area (Å²) in [5.74, 6) is -0.0156. The van der Waals surface area contributed by atoms with Crippen molar-refractivity contribution in [1.29, 1.82) is 0 Å². The van der Waals surface area contributed by atoms with Gasteiger partial charge in [-0.1, -0.05) is 24.3 Å². The van der Waals surface area contributed by atoms with Gasteiger partial charge < -0.3 is 19.7 Å². The fourth-order valence-electron chi connectivity index (χ4n) is 3.71. The molecule has 2 atom stereocenters. The number of carbonyl (C=O) groups is 2. The maximum absolute atomic E-state index is 13.1. The highest BCUT2D eigenvalue weighted by molar-refractivity contribution is 6.00. The number of carbonyl (C=O) groups excluding carboxylic acids is 2. The first-order valence-electron chi connectivity index (χ1n) is 10.3. The topological polar surface area (TPSA) is 67.9 Å². The number of likely N-dealkylation sites (tertiary alicyclic amines) is 1. The quantitative estimate of drug-likeness (QED) is 0.680. The average molecular weight is 432 g/mol. The lowest BCUT2D eigenvalue weighted by molar-refractivity contribution is -0.125. The molecule has 2 amide bonds. The number of benzene rings is 2. The molecule has 2 unspecified atom stereocenters. The van der Waals surface area contributed by atoms with Gasteiger partial charge in [0, 0.05) is 6.54 Å². The third-order valence-electron chi connectivity index (χ3n) is 5.18. The third kappa shape index (κ3) is 5.51. The largest absolute Gasteiger partial charge is 0.493 e. The van der Waals surface area contributed by atoms with E-state index in [1.54, 1.807) is 48.2 Å². The van der Waals surface area contributed by atoms with Crippen LogP contribution < -0.4 is 14.8 Å². The second kappa shape index (κ2) is 10.2. The number of ether oxygens (including phenoxy) is 2. The monoisotopic (exact) mass is 432 g/mol. The Bertz CT molecular complexity index is 922. The van der Waals surface area contributed by atoms with Gasteiger partial charge in [0.1, 0.15) is 17.5 Å². The molecule has 166 valence electrons. The molecule has 1 N–H and O–H groups in total. The molecule has 3 rings (SSSR count). The Labute approximate surface area is 180 Å². The normalized spacial score (nSPS) is 16.8. The van der Waals surface area contributed by atoms with Gasteiger partial charge in [-0.15, -0.1) is 0 Å². The van der Waals surface area contributed by atoms with E-state index < -0.39 is 18.7 Å². The second-order valence-electron chi connectivity index (χ2n) is 7.27. The van der Waals surface area contributed by atoms with Gasteiger partial charge in [0.25, 0.3) is 5.91 Å². The maximum atomic E-state index is 13.1. The minimum atomic E-state index is -2.92. The first-order chi connectivity index (χ1) is 14.9. The van der Waals surface area contributed by atoms with E-state index >= 15 is 0 Å². The van der Waals surface area contributed by atoms with Crippen molar-refractivity contribution < 1.29 is 27.8 Å². The summed E-state index contributed by atoms with van der Waals surface area (Å²) in [5.41, 5.74) is 1.05. The number of rotatable bonds is 8. The van der Waals surface area contributed by atoms with Crippen LogP contribution >= 0.6 is 0 Å². The van der Waals surface area contributed by atoms with Crippen molar-refractivity contribution >= 4 is 11.8 Å². The predicted molar refractivity (Wildman–Crippen MR) is 111 cm³/mol. The van der Waals surface area contributed by atoms with E-state index in [0.717, 1.165) is 0 Å². The fraction of sp³-hybridized carbons (Fsp3) is 0.391. The first kappa shape index (κ1) is 22.5. The summed E-state index contributed by atoms with van der Waals surface area (Å²) in [7, 11) is 0. The zero-order valence-electron chi connectivity index (χ0n) is 17.5. The standard InChI is InChI=1S/C23H26F2N2O4/c1-3-30-20-12-5-4-10-18(20)22(29)27-13-7-11-19(27)21(28)26-15(2)16-8-6-9-17(14-16)31-23(24)25/h4-6,8-10,12,14-15,19,23H,3,7,11,13H2,1-2H3,(H,26,28). The molecule has 0 aromatic heterocycles. The van der Waals surface area contributed by atoms with Crippen molar-refractivity contribution in [3.63, 3.8) is 0 Å². The summed E-state index contributed by atoms with van der Waals surface area (Å²) in [4.78, 5) is 27.7. The molecule has 2 aromatic rings. The van der Waals surface area contributed by atoms with Gasteiger partial charge in [-0.2, -0.15) is 8.78 Å². The lowest BCUT2D eigenvalue weighted by Crippen LogP contribution is -2.46. The van der Waals surface area contributed by atoms with Crippen LogP contribution in [0.1, 0.15) is 48.7 Å². The summed E-state index contributed by atoms with van der Waals surface area (Å²) < 4.78 is 34.9. The van der Waals surface area contributed by atoms with Crippen LogP contribution in [-0.4, -0.2) is 42.5 Å². The van der Waals surface area contributed by atoms with Crippen LogP contribution in [0, 0.1) is 0 Å². The SMILES string of the molecule is CCOc1ccccc1C(=O)N1CCCC1C(=O)NC(C)c1cccc(OC(F)F)c1.